The number of rotatable bonds is 7. The Morgan fingerprint density at radius 3 is 2.00 bits per heavy atom. The summed E-state index contributed by atoms with van der Waals surface area (Å²) >= 11 is 0. The summed E-state index contributed by atoms with van der Waals surface area (Å²) in [5.41, 5.74) is 2.82. The van der Waals surface area contributed by atoms with Crippen LogP contribution in [0.2, 0.25) is 0 Å². The number of aliphatic carboxylic acids is 2. The van der Waals surface area contributed by atoms with Gasteiger partial charge in [-0.25, -0.2) is 0 Å². The number of piperidine rings is 1. The average molecular weight is 336 g/mol. The van der Waals surface area contributed by atoms with Gasteiger partial charge in [0.05, 0.1) is 12.8 Å². The Morgan fingerprint density at radius 2 is 1.54 bits per heavy atom. The molecular weight excluding hydrogens is 308 g/mol. The van der Waals surface area contributed by atoms with Crippen molar-refractivity contribution in [3.05, 3.63) is 29.8 Å². The fourth-order valence-corrected chi connectivity index (χ4v) is 2.51. The van der Waals surface area contributed by atoms with Crippen LogP contribution in [-0.2, 0) is 16.0 Å². The van der Waals surface area contributed by atoms with E-state index in [1.165, 1.54) is 43.6 Å². The second-order valence-corrected chi connectivity index (χ2v) is 5.86. The number of hydrogen-bond donors (Lipinski definition) is 3. The Hall–Kier alpha value is -2.08. The standard InChI is InChI=1S/C14H22N2.C4H6O4/c1-15-10-9-13-5-7-14(8-6-13)16-11-3-2-4-12-16;5-3(6)1-2-4(7)8/h5-8,15H,2-4,9-12H2,1H3;1-2H2,(H,5,6)(H,7,8). The number of likely N-dealkylation sites (N-methyl/N-ethyl adjacent to an activating group) is 1. The summed E-state index contributed by atoms with van der Waals surface area (Å²) in [4.78, 5) is 21.8. The normalized spacial score (nSPS) is 13.8. The van der Waals surface area contributed by atoms with Gasteiger partial charge in [0.25, 0.3) is 0 Å². The molecule has 0 saturated carbocycles. The van der Waals surface area contributed by atoms with E-state index in [1.807, 2.05) is 7.05 Å². The van der Waals surface area contributed by atoms with Crippen LogP contribution in [0.3, 0.4) is 0 Å². The number of nitrogens with zero attached hydrogens (tertiary/aromatic N) is 1. The molecule has 1 aromatic carbocycles. The van der Waals surface area contributed by atoms with Crippen molar-refractivity contribution in [1.29, 1.82) is 0 Å². The van der Waals surface area contributed by atoms with E-state index in [0.717, 1.165) is 13.0 Å². The molecule has 0 amide bonds. The van der Waals surface area contributed by atoms with Crippen molar-refractivity contribution in [2.24, 2.45) is 0 Å². The summed E-state index contributed by atoms with van der Waals surface area (Å²) in [5, 5.41) is 19.0. The van der Waals surface area contributed by atoms with Crippen molar-refractivity contribution in [3.63, 3.8) is 0 Å². The molecule has 0 aromatic heterocycles. The molecule has 1 aromatic rings. The first-order valence-electron chi connectivity index (χ1n) is 8.45. The molecule has 0 unspecified atom stereocenters. The summed E-state index contributed by atoms with van der Waals surface area (Å²) in [6.07, 6.45) is 4.63. The molecule has 1 aliphatic heterocycles. The summed E-state index contributed by atoms with van der Waals surface area (Å²) < 4.78 is 0. The molecule has 0 bridgehead atoms. The topological polar surface area (TPSA) is 89.9 Å². The lowest BCUT2D eigenvalue weighted by atomic mass is 10.1. The molecule has 0 atom stereocenters. The smallest absolute Gasteiger partial charge is 0.303 e. The van der Waals surface area contributed by atoms with Gasteiger partial charge in [-0.2, -0.15) is 0 Å². The van der Waals surface area contributed by atoms with Crippen LogP contribution >= 0.6 is 0 Å². The second-order valence-electron chi connectivity index (χ2n) is 5.86. The molecule has 0 radical (unpaired) electrons. The fraction of sp³-hybridized carbons (Fsp3) is 0.556. The predicted octanol–water partition coefficient (Wildman–Crippen LogP) is 2.37. The van der Waals surface area contributed by atoms with E-state index in [2.05, 4.69) is 34.5 Å². The first-order valence-corrected chi connectivity index (χ1v) is 8.45. The molecule has 6 nitrogen and oxygen atoms in total. The first-order chi connectivity index (χ1) is 11.5. The summed E-state index contributed by atoms with van der Waals surface area (Å²) in [6, 6.07) is 9.08. The molecule has 1 heterocycles. The number of hydrogen-bond acceptors (Lipinski definition) is 4. The highest BCUT2D eigenvalue weighted by atomic mass is 16.4. The zero-order valence-corrected chi connectivity index (χ0v) is 14.3. The number of benzene rings is 1. The van der Waals surface area contributed by atoms with Crippen LogP contribution in [0.15, 0.2) is 24.3 Å². The Balaban J connectivity index is 0.000000307. The third kappa shape index (κ3) is 8.53. The Morgan fingerprint density at radius 1 is 1.00 bits per heavy atom. The van der Waals surface area contributed by atoms with E-state index in [0.29, 0.717) is 0 Å². The van der Waals surface area contributed by atoms with Crippen molar-refractivity contribution in [1.82, 2.24) is 5.32 Å². The van der Waals surface area contributed by atoms with E-state index in [9.17, 15) is 9.59 Å². The zero-order chi connectivity index (χ0) is 17.8. The average Bonchev–Trinajstić information content (AvgIpc) is 2.60. The lowest BCUT2D eigenvalue weighted by Crippen LogP contribution is -2.29. The molecule has 6 heteroatoms. The van der Waals surface area contributed by atoms with Gasteiger partial charge in [0.15, 0.2) is 0 Å². The Labute approximate surface area is 143 Å². The fourth-order valence-electron chi connectivity index (χ4n) is 2.51. The summed E-state index contributed by atoms with van der Waals surface area (Å²) in [5.74, 6) is -2.15. The van der Waals surface area contributed by atoms with Gasteiger partial charge in [0, 0.05) is 18.8 Å². The highest BCUT2D eigenvalue weighted by Gasteiger charge is 2.10. The number of carboxylic acids is 2. The monoisotopic (exact) mass is 336 g/mol. The van der Waals surface area contributed by atoms with Gasteiger partial charge < -0.3 is 20.4 Å². The molecule has 1 saturated heterocycles. The quantitative estimate of drug-likeness (QED) is 0.708. The van der Waals surface area contributed by atoms with Crippen LogP contribution < -0.4 is 10.2 Å². The van der Waals surface area contributed by atoms with Crippen molar-refractivity contribution in [2.45, 2.75) is 38.5 Å². The molecule has 2 rings (SSSR count). The second kappa shape index (κ2) is 11.5. The Bertz CT molecular complexity index is 482. The highest BCUT2D eigenvalue weighted by Crippen LogP contribution is 2.20. The highest BCUT2D eigenvalue weighted by molar-refractivity contribution is 5.75. The SMILES string of the molecule is CNCCc1ccc(N2CCCCC2)cc1.O=C(O)CCC(=O)O. The number of nitrogens with one attached hydrogen (secondary N) is 1. The van der Waals surface area contributed by atoms with Gasteiger partial charge >= 0.3 is 11.9 Å². The first kappa shape index (κ1) is 20.0. The van der Waals surface area contributed by atoms with Crippen molar-refractivity contribution < 1.29 is 19.8 Å². The van der Waals surface area contributed by atoms with Crippen LogP contribution in [0, 0.1) is 0 Å². The zero-order valence-electron chi connectivity index (χ0n) is 14.3. The molecule has 24 heavy (non-hydrogen) atoms. The maximum Gasteiger partial charge on any atom is 0.303 e. The van der Waals surface area contributed by atoms with Crippen LogP contribution in [0.1, 0.15) is 37.7 Å². The third-order valence-electron chi connectivity index (χ3n) is 3.87. The van der Waals surface area contributed by atoms with Gasteiger partial charge in [0.1, 0.15) is 0 Å². The summed E-state index contributed by atoms with van der Waals surface area (Å²) in [6.45, 7) is 3.52. The lowest BCUT2D eigenvalue weighted by molar-refractivity contribution is -0.143. The molecular formula is C18H28N2O4. The van der Waals surface area contributed by atoms with Crippen molar-refractivity contribution in [3.8, 4) is 0 Å². The third-order valence-corrected chi connectivity index (χ3v) is 3.87. The molecule has 0 spiro atoms. The van der Waals surface area contributed by atoms with E-state index in [-0.39, 0.29) is 12.8 Å². The maximum atomic E-state index is 9.64. The minimum absolute atomic E-state index is 0.296. The van der Waals surface area contributed by atoms with Crippen molar-refractivity contribution in [2.75, 3.05) is 31.6 Å². The van der Waals surface area contributed by atoms with Crippen LogP contribution in [0.5, 0.6) is 0 Å². The van der Waals surface area contributed by atoms with Gasteiger partial charge in [0.2, 0.25) is 0 Å². The lowest BCUT2D eigenvalue weighted by Gasteiger charge is -2.28. The van der Waals surface area contributed by atoms with Gasteiger partial charge in [-0.3, -0.25) is 9.59 Å². The Kier molecular flexibility index (Phi) is 9.53. The van der Waals surface area contributed by atoms with Gasteiger partial charge in [-0.15, -0.1) is 0 Å². The van der Waals surface area contributed by atoms with E-state index < -0.39 is 11.9 Å². The number of carbonyl (C=O) groups is 2. The number of anilines is 1. The van der Waals surface area contributed by atoms with Crippen LogP contribution in [-0.4, -0.2) is 48.8 Å². The van der Waals surface area contributed by atoms with Crippen molar-refractivity contribution >= 4 is 17.6 Å². The van der Waals surface area contributed by atoms with E-state index >= 15 is 0 Å². The molecule has 1 fully saturated rings. The number of carboxylic acid groups (broad SMARTS) is 2. The largest absolute Gasteiger partial charge is 0.481 e. The molecule has 134 valence electrons. The minimum Gasteiger partial charge on any atom is -0.481 e. The minimum atomic E-state index is -1.08. The summed E-state index contributed by atoms with van der Waals surface area (Å²) in [7, 11) is 2.00. The van der Waals surface area contributed by atoms with E-state index in [1.54, 1.807) is 0 Å². The molecule has 1 aliphatic rings. The predicted molar refractivity (Wildman–Crippen MR) is 94.6 cm³/mol. The van der Waals surface area contributed by atoms with Crippen LogP contribution in [0.25, 0.3) is 0 Å². The van der Waals surface area contributed by atoms with E-state index in [4.69, 9.17) is 10.2 Å². The molecule has 0 aliphatic carbocycles. The van der Waals surface area contributed by atoms with Gasteiger partial charge in [-0.1, -0.05) is 12.1 Å². The maximum absolute atomic E-state index is 9.64. The molecule has 3 N–H and O–H groups in total. The van der Waals surface area contributed by atoms with Crippen LogP contribution in [0.4, 0.5) is 5.69 Å². The van der Waals surface area contributed by atoms with Gasteiger partial charge in [-0.05, 0) is 57.0 Å².